The molecule has 25 heavy (non-hydrogen) atoms. The summed E-state index contributed by atoms with van der Waals surface area (Å²) in [7, 11) is 2.07. The summed E-state index contributed by atoms with van der Waals surface area (Å²) in [5.74, 6) is 6.73. The van der Waals surface area contributed by atoms with Crippen LogP contribution in [0.2, 0.25) is 0 Å². The van der Waals surface area contributed by atoms with E-state index in [1.807, 2.05) is 0 Å². The van der Waals surface area contributed by atoms with Crippen molar-refractivity contribution in [2.75, 3.05) is 18.6 Å². The van der Waals surface area contributed by atoms with Crippen LogP contribution in [0.3, 0.4) is 0 Å². The van der Waals surface area contributed by atoms with Gasteiger partial charge in [0, 0.05) is 19.5 Å². The molecule has 0 radical (unpaired) electrons. The molecule has 1 unspecified atom stereocenters. The molecule has 0 N–H and O–H groups in total. The number of nitrogens with zero attached hydrogens (tertiary/aromatic N) is 1. The molecule has 1 amide bonds. The summed E-state index contributed by atoms with van der Waals surface area (Å²) in [6, 6.07) is 0.507. The number of rotatable bonds is 3. The number of carbonyl (C=O) groups is 1. The van der Waals surface area contributed by atoms with Gasteiger partial charge in [0.2, 0.25) is 5.91 Å². The minimum atomic E-state index is 0.378. The molecular weight excluding hydrogens is 326 g/mol. The summed E-state index contributed by atoms with van der Waals surface area (Å²) in [6.07, 6.45) is 10.3. The highest BCUT2D eigenvalue weighted by molar-refractivity contribution is 7.99. The maximum absolute atomic E-state index is 12.3. The van der Waals surface area contributed by atoms with E-state index in [-0.39, 0.29) is 0 Å². The highest BCUT2D eigenvalue weighted by Gasteiger charge is 2.60. The van der Waals surface area contributed by atoms with Crippen LogP contribution in [-0.2, 0) is 4.79 Å². The fraction of sp³-hybridized carbons (Fsp3) is 0.955. The first kappa shape index (κ1) is 18.2. The van der Waals surface area contributed by atoms with Gasteiger partial charge in [0.15, 0.2) is 0 Å². The Labute approximate surface area is 158 Å². The van der Waals surface area contributed by atoms with Crippen molar-refractivity contribution in [1.29, 1.82) is 0 Å². The van der Waals surface area contributed by atoms with E-state index >= 15 is 0 Å². The predicted octanol–water partition coefficient (Wildman–Crippen LogP) is 5.22. The second kappa shape index (κ2) is 6.46. The zero-order chi connectivity index (χ0) is 17.8. The second-order valence-corrected chi connectivity index (χ2v) is 11.3. The third kappa shape index (κ3) is 2.62. The minimum Gasteiger partial charge on any atom is -0.342 e. The third-order valence-electron chi connectivity index (χ3n) is 9.28. The first-order chi connectivity index (χ1) is 11.9. The van der Waals surface area contributed by atoms with Gasteiger partial charge in [-0.2, -0.15) is 11.8 Å². The molecule has 0 bridgehead atoms. The Morgan fingerprint density at radius 2 is 1.80 bits per heavy atom. The van der Waals surface area contributed by atoms with E-state index in [1.165, 1.54) is 50.0 Å². The van der Waals surface area contributed by atoms with Crippen LogP contribution in [-0.4, -0.2) is 35.4 Å². The molecule has 0 spiro atoms. The molecule has 1 heterocycles. The maximum atomic E-state index is 12.3. The zero-order valence-electron chi connectivity index (χ0n) is 16.7. The fourth-order valence-electron chi connectivity index (χ4n) is 7.79. The van der Waals surface area contributed by atoms with Gasteiger partial charge in [-0.3, -0.25) is 4.79 Å². The lowest BCUT2D eigenvalue weighted by atomic mass is 9.47. The van der Waals surface area contributed by atoms with Crippen LogP contribution in [0.15, 0.2) is 0 Å². The highest BCUT2D eigenvalue weighted by atomic mass is 32.2. The Morgan fingerprint density at radius 1 is 1.04 bits per heavy atom. The first-order valence-electron chi connectivity index (χ1n) is 10.7. The van der Waals surface area contributed by atoms with Crippen molar-refractivity contribution in [3.63, 3.8) is 0 Å². The average Bonchev–Trinajstić information content (AvgIpc) is 2.93. The number of likely N-dealkylation sites (tertiary alicyclic amines) is 1. The molecule has 0 aromatic carbocycles. The standard InChI is InChI=1S/C22H37NOS/c1-5-25-14-15-6-8-17-16-7-9-19-22(3,13-11-20(24)23(19)4)18(16)10-12-21(15,17)2/h15-19H,5-14H2,1-4H3/t15?,16-,17-,18-,19+,21+,22+/m0/s1. The summed E-state index contributed by atoms with van der Waals surface area (Å²) in [6.45, 7) is 7.49. The van der Waals surface area contributed by atoms with E-state index in [1.54, 1.807) is 0 Å². The van der Waals surface area contributed by atoms with Gasteiger partial charge in [0.1, 0.15) is 0 Å². The first-order valence-corrected chi connectivity index (χ1v) is 11.9. The summed E-state index contributed by atoms with van der Waals surface area (Å²) in [5.41, 5.74) is 0.978. The Balaban J connectivity index is 1.57. The van der Waals surface area contributed by atoms with E-state index in [4.69, 9.17) is 0 Å². The van der Waals surface area contributed by atoms with Crippen LogP contribution in [0.5, 0.6) is 0 Å². The van der Waals surface area contributed by atoms with Crippen LogP contribution >= 0.6 is 11.8 Å². The Kier molecular flexibility index (Phi) is 4.70. The molecular formula is C22H37NOS. The number of thioether (sulfide) groups is 1. The summed E-state index contributed by atoms with van der Waals surface area (Å²) < 4.78 is 0. The Hall–Kier alpha value is -0.180. The van der Waals surface area contributed by atoms with Crippen molar-refractivity contribution >= 4 is 17.7 Å². The van der Waals surface area contributed by atoms with Gasteiger partial charge in [-0.15, -0.1) is 0 Å². The smallest absolute Gasteiger partial charge is 0.222 e. The minimum absolute atomic E-state index is 0.378. The topological polar surface area (TPSA) is 20.3 Å². The van der Waals surface area contributed by atoms with E-state index in [0.29, 0.717) is 22.8 Å². The van der Waals surface area contributed by atoms with Gasteiger partial charge in [-0.25, -0.2) is 0 Å². The molecule has 1 saturated heterocycles. The van der Waals surface area contributed by atoms with E-state index in [2.05, 4.69) is 44.5 Å². The average molecular weight is 364 g/mol. The Morgan fingerprint density at radius 3 is 2.56 bits per heavy atom. The molecule has 2 nitrogen and oxygen atoms in total. The molecule has 4 fully saturated rings. The quantitative estimate of drug-likeness (QED) is 0.685. The van der Waals surface area contributed by atoms with Crippen molar-refractivity contribution in [2.24, 2.45) is 34.5 Å². The summed E-state index contributed by atoms with van der Waals surface area (Å²) in [5, 5.41) is 0. The van der Waals surface area contributed by atoms with Crippen LogP contribution in [0.4, 0.5) is 0 Å². The second-order valence-electron chi connectivity index (χ2n) is 9.96. The number of hydrogen-bond donors (Lipinski definition) is 0. The number of carbonyl (C=O) groups excluding carboxylic acids is 1. The van der Waals surface area contributed by atoms with Gasteiger partial charge in [-0.1, -0.05) is 20.8 Å². The van der Waals surface area contributed by atoms with Crippen molar-refractivity contribution in [1.82, 2.24) is 4.90 Å². The largest absolute Gasteiger partial charge is 0.342 e. The molecule has 0 aromatic heterocycles. The lowest BCUT2D eigenvalue weighted by molar-refractivity contribution is -0.158. The molecule has 4 aliphatic rings. The van der Waals surface area contributed by atoms with Gasteiger partial charge < -0.3 is 4.90 Å². The molecule has 7 atom stereocenters. The van der Waals surface area contributed by atoms with E-state index in [0.717, 1.165) is 36.5 Å². The molecule has 142 valence electrons. The van der Waals surface area contributed by atoms with Gasteiger partial charge in [0.25, 0.3) is 0 Å². The summed E-state index contributed by atoms with van der Waals surface area (Å²) in [4.78, 5) is 14.4. The normalized spacial score (nSPS) is 49.5. The van der Waals surface area contributed by atoms with Crippen molar-refractivity contribution in [3.05, 3.63) is 0 Å². The summed E-state index contributed by atoms with van der Waals surface area (Å²) >= 11 is 2.16. The maximum Gasteiger partial charge on any atom is 0.222 e. The molecule has 0 aromatic rings. The van der Waals surface area contributed by atoms with E-state index < -0.39 is 0 Å². The Bertz CT molecular complexity index is 536. The number of piperidine rings is 1. The molecule has 3 heteroatoms. The number of amides is 1. The third-order valence-corrected chi connectivity index (χ3v) is 10.3. The molecule has 1 aliphatic heterocycles. The van der Waals surface area contributed by atoms with Crippen LogP contribution in [0.25, 0.3) is 0 Å². The lowest BCUT2D eigenvalue weighted by Crippen LogP contribution is -2.61. The number of hydrogen-bond acceptors (Lipinski definition) is 2. The molecule has 3 aliphatic carbocycles. The SMILES string of the molecule is CCSCC1CC[C@H]2[C@@H]3CC[C@H]4N(C)C(=O)CC[C@]4(C)[C@H]3CC[C@]12C. The highest BCUT2D eigenvalue weighted by Crippen LogP contribution is 2.66. The lowest BCUT2D eigenvalue weighted by Gasteiger charge is -2.61. The van der Waals surface area contributed by atoms with Crippen molar-refractivity contribution in [3.8, 4) is 0 Å². The molecule has 3 saturated carbocycles. The van der Waals surface area contributed by atoms with Crippen LogP contribution < -0.4 is 0 Å². The predicted molar refractivity (Wildman–Crippen MR) is 107 cm³/mol. The zero-order valence-corrected chi connectivity index (χ0v) is 17.5. The van der Waals surface area contributed by atoms with Crippen molar-refractivity contribution < 1.29 is 4.79 Å². The fourth-order valence-corrected chi connectivity index (χ4v) is 8.86. The van der Waals surface area contributed by atoms with Gasteiger partial charge in [0.05, 0.1) is 0 Å². The number of fused-ring (bicyclic) bond motifs is 5. The monoisotopic (exact) mass is 363 g/mol. The van der Waals surface area contributed by atoms with Crippen LogP contribution in [0.1, 0.15) is 72.1 Å². The van der Waals surface area contributed by atoms with Gasteiger partial charge >= 0.3 is 0 Å². The van der Waals surface area contributed by atoms with Crippen molar-refractivity contribution in [2.45, 2.75) is 78.2 Å². The van der Waals surface area contributed by atoms with Gasteiger partial charge in [-0.05, 0) is 91.0 Å². The van der Waals surface area contributed by atoms with Crippen LogP contribution in [0, 0.1) is 34.5 Å². The van der Waals surface area contributed by atoms with E-state index in [9.17, 15) is 4.79 Å². The molecule has 4 rings (SSSR count).